The molecule has 2 saturated heterocycles. The van der Waals surface area contributed by atoms with Gasteiger partial charge in [-0.1, -0.05) is 99.7 Å². The number of aromatic amines is 2. The number of imidazole rings is 2. The molecule has 4 fully saturated rings. The van der Waals surface area contributed by atoms with Gasteiger partial charge in [0.05, 0.1) is 48.1 Å². The van der Waals surface area contributed by atoms with E-state index in [0.29, 0.717) is 116 Å². The zero-order valence-electron chi connectivity index (χ0n) is 44.8. The van der Waals surface area contributed by atoms with Gasteiger partial charge in [0.1, 0.15) is 12.1 Å². The van der Waals surface area contributed by atoms with Crippen LogP contribution in [-0.2, 0) is 54.3 Å². The predicted octanol–water partition coefficient (Wildman–Crippen LogP) is 7.23. The number of H-pyrrole nitrogens is 2. The number of carbonyl (C=O) groups excluding carboxylic acids is 6. The third kappa shape index (κ3) is 15.7. The Kier molecular flexibility index (Phi) is 21.7. The van der Waals surface area contributed by atoms with Crippen LogP contribution in [0.1, 0.15) is 126 Å². The molecule has 2 unspecified atom stereocenters. The van der Waals surface area contributed by atoms with Crippen molar-refractivity contribution in [3.05, 3.63) is 108 Å². The molecule has 0 spiro atoms. The largest absolute Gasteiger partial charge is 0.466 e. The van der Waals surface area contributed by atoms with Crippen LogP contribution in [0, 0.1) is 22.7 Å². The second-order valence-corrected chi connectivity index (χ2v) is 21.0. The maximum Gasteiger partial charge on any atom is 0.315 e. The molecule has 0 radical (unpaired) electrons. The highest BCUT2D eigenvalue weighted by molar-refractivity contribution is 5.89. The number of likely N-dealkylation sites (tertiary alicyclic amines) is 2. The van der Waals surface area contributed by atoms with Crippen molar-refractivity contribution in [1.82, 2.24) is 51.0 Å². The van der Waals surface area contributed by atoms with Gasteiger partial charge in [-0.05, 0) is 87.7 Å². The number of rotatable bonds is 21. The summed E-state index contributed by atoms with van der Waals surface area (Å²) in [6.45, 7) is 7.45. The minimum absolute atomic E-state index is 0.0846. The molecule has 2 saturated carbocycles. The van der Waals surface area contributed by atoms with E-state index >= 15 is 0 Å². The van der Waals surface area contributed by atoms with Crippen LogP contribution in [-0.4, -0.2) is 130 Å². The van der Waals surface area contributed by atoms with E-state index in [9.17, 15) is 28.8 Å². The van der Waals surface area contributed by atoms with E-state index in [4.69, 9.17) is 9.47 Å². The van der Waals surface area contributed by atoms with Crippen LogP contribution in [0.2, 0.25) is 0 Å². The summed E-state index contributed by atoms with van der Waals surface area (Å²) in [5, 5.41) is 11.5. The molecule has 0 bridgehead atoms. The fourth-order valence-corrected chi connectivity index (χ4v) is 12.0. The molecule has 2 atom stereocenters. The van der Waals surface area contributed by atoms with Crippen LogP contribution < -0.4 is 21.3 Å². The van der Waals surface area contributed by atoms with E-state index < -0.39 is 22.9 Å². The highest BCUT2D eigenvalue weighted by Gasteiger charge is 2.51. The monoisotopic (exact) mass is 1050 g/mol. The fourth-order valence-electron chi connectivity index (χ4n) is 12.0. The molecule has 6 N–H and O–H groups in total. The first-order valence-corrected chi connectivity index (χ1v) is 28.1. The topological polar surface area (TPSA) is 233 Å². The van der Waals surface area contributed by atoms with E-state index in [-0.39, 0.29) is 35.8 Å². The summed E-state index contributed by atoms with van der Waals surface area (Å²) in [4.78, 5) is 97.2. The summed E-state index contributed by atoms with van der Waals surface area (Å²) in [5.74, 6) is 0.215. The van der Waals surface area contributed by atoms with Gasteiger partial charge in [-0.25, -0.2) is 19.6 Å². The maximum absolute atomic E-state index is 13.8. The molecule has 2 aliphatic heterocycles. The Labute approximate surface area is 448 Å². The molecule has 412 valence electrons. The number of ether oxygens (including phenoxy) is 2. The quantitative estimate of drug-likeness (QED) is 0.0459. The molecule has 8 rings (SSSR count). The van der Waals surface area contributed by atoms with Crippen molar-refractivity contribution < 1.29 is 38.2 Å². The van der Waals surface area contributed by atoms with Gasteiger partial charge in [-0.15, -0.1) is 0 Å². The molecule has 18 heteroatoms. The lowest BCUT2D eigenvalue weighted by molar-refractivity contribution is -0.167. The van der Waals surface area contributed by atoms with Gasteiger partial charge in [0.15, 0.2) is 0 Å². The number of piperidine rings is 2. The van der Waals surface area contributed by atoms with Crippen LogP contribution in [0.4, 0.5) is 9.59 Å². The third-order valence-corrected chi connectivity index (χ3v) is 16.2. The molecule has 76 heavy (non-hydrogen) atoms. The van der Waals surface area contributed by atoms with Gasteiger partial charge in [0, 0.05) is 77.3 Å². The van der Waals surface area contributed by atoms with Crippen LogP contribution >= 0.6 is 0 Å². The van der Waals surface area contributed by atoms with Crippen molar-refractivity contribution in [2.24, 2.45) is 22.7 Å². The SMILES string of the molecule is CCCOC(=O)C1(C2CCCCC2)CCN(C(=O)C(Cc2ccccc2)NC(=O)NCCc2c[nH]cn2)CC1.CCOC(=O)C1(C2CCCC2)CCN(C(=O)C(Cc2ccccc2)NC(=O)NCCc2c[nH]cn2)CC1. The Morgan fingerprint density at radius 1 is 0.592 bits per heavy atom. The lowest BCUT2D eigenvalue weighted by Gasteiger charge is -2.46. The number of aromatic nitrogens is 4. The molecule has 2 aromatic heterocycles. The molecule has 18 nitrogen and oxygen atoms in total. The van der Waals surface area contributed by atoms with E-state index in [0.717, 1.165) is 80.3 Å². The number of hydrogen-bond donors (Lipinski definition) is 6. The van der Waals surface area contributed by atoms with Crippen LogP contribution in [0.5, 0.6) is 0 Å². The Hall–Kier alpha value is -6.72. The summed E-state index contributed by atoms with van der Waals surface area (Å²) in [6.07, 6.45) is 22.0. The van der Waals surface area contributed by atoms with Crippen molar-refractivity contribution in [2.75, 3.05) is 52.5 Å². The zero-order valence-corrected chi connectivity index (χ0v) is 44.8. The first-order valence-electron chi connectivity index (χ1n) is 28.1. The Morgan fingerprint density at radius 2 is 1.00 bits per heavy atom. The predicted molar refractivity (Wildman–Crippen MR) is 288 cm³/mol. The van der Waals surface area contributed by atoms with Crippen LogP contribution in [0.3, 0.4) is 0 Å². The fraction of sp³-hybridized carbons (Fsp3) is 0.586. The molecule has 4 heterocycles. The second kappa shape index (κ2) is 29.0. The summed E-state index contributed by atoms with van der Waals surface area (Å²) < 4.78 is 11.2. The first-order chi connectivity index (χ1) is 37.0. The van der Waals surface area contributed by atoms with Crippen molar-refractivity contribution >= 4 is 35.8 Å². The summed E-state index contributed by atoms with van der Waals surface area (Å²) >= 11 is 0. The van der Waals surface area contributed by atoms with Gasteiger partial charge in [0.25, 0.3) is 0 Å². The van der Waals surface area contributed by atoms with Gasteiger partial charge in [-0.3, -0.25) is 19.2 Å². The van der Waals surface area contributed by atoms with E-state index in [1.165, 1.54) is 6.42 Å². The van der Waals surface area contributed by atoms with Gasteiger partial charge < -0.3 is 50.5 Å². The minimum atomic E-state index is -0.702. The lowest BCUT2D eigenvalue weighted by atomic mass is 9.63. The van der Waals surface area contributed by atoms with Crippen LogP contribution in [0.25, 0.3) is 0 Å². The average Bonchev–Trinajstić information content (AvgIpc) is 4.31. The van der Waals surface area contributed by atoms with Crippen molar-refractivity contribution in [1.29, 1.82) is 0 Å². The lowest BCUT2D eigenvalue weighted by Crippen LogP contribution is -2.56. The molecule has 6 amide bonds. The smallest absolute Gasteiger partial charge is 0.315 e. The van der Waals surface area contributed by atoms with E-state index in [1.54, 1.807) is 25.0 Å². The van der Waals surface area contributed by atoms with Gasteiger partial charge in [-0.2, -0.15) is 0 Å². The number of urea groups is 2. The maximum atomic E-state index is 13.8. The van der Waals surface area contributed by atoms with E-state index in [1.807, 2.05) is 84.3 Å². The molecular weight excluding hydrogens is 965 g/mol. The molecule has 2 aliphatic carbocycles. The molecular formula is C58H82N10O8. The Balaban J connectivity index is 0.000000221. The third-order valence-electron chi connectivity index (χ3n) is 16.2. The summed E-state index contributed by atoms with van der Waals surface area (Å²) in [6, 6.07) is 17.3. The average molecular weight is 1050 g/mol. The highest BCUT2D eigenvalue weighted by atomic mass is 16.5. The number of amides is 6. The number of benzene rings is 2. The zero-order chi connectivity index (χ0) is 53.6. The number of nitrogens with zero attached hydrogens (tertiary/aromatic N) is 4. The summed E-state index contributed by atoms with van der Waals surface area (Å²) in [5.41, 5.74) is 2.65. The van der Waals surface area contributed by atoms with E-state index in [2.05, 4.69) is 41.2 Å². The van der Waals surface area contributed by atoms with Gasteiger partial charge >= 0.3 is 24.0 Å². The van der Waals surface area contributed by atoms with Crippen LogP contribution in [0.15, 0.2) is 85.7 Å². The molecule has 4 aromatic rings. The van der Waals surface area contributed by atoms with Gasteiger partial charge in [0.2, 0.25) is 11.8 Å². The normalized spacial score (nSPS) is 18.2. The Morgan fingerprint density at radius 3 is 1.38 bits per heavy atom. The van der Waals surface area contributed by atoms with Crippen molar-refractivity contribution in [3.63, 3.8) is 0 Å². The van der Waals surface area contributed by atoms with Crippen molar-refractivity contribution in [2.45, 2.75) is 142 Å². The minimum Gasteiger partial charge on any atom is -0.466 e. The first kappa shape index (κ1) is 57.0. The Bertz CT molecular complexity index is 2390. The number of carbonyl (C=O) groups is 6. The van der Waals surface area contributed by atoms with Crippen molar-refractivity contribution in [3.8, 4) is 0 Å². The number of nitrogens with one attached hydrogen (secondary N) is 6. The number of esters is 2. The second-order valence-electron chi connectivity index (χ2n) is 21.0. The summed E-state index contributed by atoms with van der Waals surface area (Å²) in [7, 11) is 0. The molecule has 4 aliphatic rings. The number of hydrogen-bond acceptors (Lipinski definition) is 10. The highest BCUT2D eigenvalue weighted by Crippen LogP contribution is 2.49. The standard InChI is InChI=1S/C30H43N5O4.C28H39N5O4/c1-2-19-39-28(37)30(24-11-7-4-8-12-24)14-17-35(18-15-30)27(36)26(20-23-9-5-3-6-10-23)34-29(38)32-16-13-25-21-31-22-33-25;1-2-37-26(35)28(22-10-6-7-11-22)13-16-33(17-14-28)25(34)24(18-21-8-4-3-5-9-21)32-27(36)30-15-12-23-19-29-20-31-23/h3,5-6,9-10,21-22,24,26H,2,4,7-8,11-20H2,1H3,(H,31,33)(H2,32,34,38);3-5,8-9,19-20,22,24H,2,6-7,10-18H2,1H3,(H,29,31)(H2,30,32,36). The molecule has 2 aromatic carbocycles.